The number of carbonyl (C=O) groups is 1. The zero-order valence-electron chi connectivity index (χ0n) is 12.2. The van der Waals surface area contributed by atoms with E-state index in [0.29, 0.717) is 16.5 Å². The Bertz CT molecular complexity index is 832. The maximum absolute atomic E-state index is 12.9. The number of carbonyl (C=O) groups excluding carboxylic acids is 1. The van der Waals surface area contributed by atoms with Crippen molar-refractivity contribution in [2.75, 3.05) is 10.6 Å². The van der Waals surface area contributed by atoms with Crippen LogP contribution >= 0.6 is 11.3 Å². The molecule has 1 amide bonds. The second-order valence-electron chi connectivity index (χ2n) is 4.78. The summed E-state index contributed by atoms with van der Waals surface area (Å²) in [6.45, 7) is 1.85. The summed E-state index contributed by atoms with van der Waals surface area (Å²) in [7, 11) is 0. The van der Waals surface area contributed by atoms with Crippen molar-refractivity contribution in [1.29, 1.82) is 0 Å². The number of thiazole rings is 1. The third-order valence-corrected chi connectivity index (χ3v) is 3.76. The van der Waals surface area contributed by atoms with E-state index in [0.717, 1.165) is 5.69 Å². The minimum atomic E-state index is -0.353. The van der Waals surface area contributed by atoms with Crippen molar-refractivity contribution in [2.24, 2.45) is 0 Å². The van der Waals surface area contributed by atoms with Crippen LogP contribution in [0.5, 0.6) is 0 Å². The van der Waals surface area contributed by atoms with Gasteiger partial charge in [-0.05, 0) is 43.3 Å². The van der Waals surface area contributed by atoms with E-state index in [1.165, 1.54) is 23.5 Å². The molecule has 0 bridgehead atoms. The standard InChI is InChI=1S/C16H13FN4OS/c1-10-3-2-4-13(19-10)21-15(22)14-16(23-9-18-14)20-12-7-5-11(17)6-8-12/h2-9,20H,1H3,(H,19,21,22). The van der Waals surface area contributed by atoms with Crippen LogP contribution in [0.25, 0.3) is 0 Å². The first-order valence-corrected chi connectivity index (χ1v) is 7.71. The Labute approximate surface area is 136 Å². The average molecular weight is 328 g/mol. The normalized spacial score (nSPS) is 10.3. The fourth-order valence-electron chi connectivity index (χ4n) is 1.95. The molecule has 0 spiro atoms. The second kappa shape index (κ2) is 6.53. The van der Waals surface area contributed by atoms with E-state index in [1.807, 2.05) is 19.1 Å². The summed E-state index contributed by atoms with van der Waals surface area (Å²) in [5.74, 6) is -0.201. The summed E-state index contributed by atoms with van der Waals surface area (Å²) in [4.78, 5) is 20.7. The van der Waals surface area contributed by atoms with Gasteiger partial charge in [0.15, 0.2) is 5.69 Å². The molecule has 0 saturated heterocycles. The lowest BCUT2D eigenvalue weighted by atomic mass is 10.3. The smallest absolute Gasteiger partial charge is 0.278 e. The van der Waals surface area contributed by atoms with Crippen LogP contribution < -0.4 is 10.6 Å². The lowest BCUT2D eigenvalue weighted by Gasteiger charge is -2.07. The van der Waals surface area contributed by atoms with E-state index < -0.39 is 0 Å². The Balaban J connectivity index is 1.77. The molecular formula is C16H13FN4OS. The third kappa shape index (κ3) is 3.70. The number of rotatable bonds is 4. The molecule has 2 heterocycles. The van der Waals surface area contributed by atoms with Crippen molar-refractivity contribution in [3.05, 3.63) is 65.2 Å². The highest BCUT2D eigenvalue weighted by Gasteiger charge is 2.16. The molecule has 2 N–H and O–H groups in total. The lowest BCUT2D eigenvalue weighted by molar-refractivity contribution is 0.102. The van der Waals surface area contributed by atoms with Gasteiger partial charge in [-0.3, -0.25) is 4.79 Å². The van der Waals surface area contributed by atoms with Crippen LogP contribution in [0.1, 0.15) is 16.2 Å². The molecule has 3 rings (SSSR count). The molecule has 2 aromatic heterocycles. The number of nitrogens with one attached hydrogen (secondary N) is 2. The molecule has 0 aliphatic heterocycles. The van der Waals surface area contributed by atoms with Crippen LogP contribution in [-0.2, 0) is 0 Å². The van der Waals surface area contributed by atoms with Crippen molar-refractivity contribution in [2.45, 2.75) is 6.92 Å². The molecule has 0 radical (unpaired) electrons. The predicted octanol–water partition coefficient (Wildman–Crippen LogP) is 3.98. The van der Waals surface area contributed by atoms with Crippen LogP contribution in [-0.4, -0.2) is 15.9 Å². The number of anilines is 3. The highest BCUT2D eigenvalue weighted by Crippen LogP contribution is 2.25. The van der Waals surface area contributed by atoms with Gasteiger partial charge in [-0.25, -0.2) is 14.4 Å². The van der Waals surface area contributed by atoms with Crippen molar-refractivity contribution >= 4 is 33.8 Å². The van der Waals surface area contributed by atoms with Crippen LogP contribution in [0.15, 0.2) is 48.0 Å². The van der Waals surface area contributed by atoms with Crippen LogP contribution in [0.4, 0.5) is 20.9 Å². The fraction of sp³-hybridized carbons (Fsp3) is 0.0625. The summed E-state index contributed by atoms with van der Waals surface area (Å²) in [5, 5.41) is 6.37. The van der Waals surface area contributed by atoms with E-state index in [2.05, 4.69) is 20.6 Å². The molecule has 0 atom stereocenters. The second-order valence-corrected chi connectivity index (χ2v) is 5.64. The molecule has 116 valence electrons. The van der Waals surface area contributed by atoms with Gasteiger partial charge in [-0.15, -0.1) is 11.3 Å². The third-order valence-electron chi connectivity index (χ3n) is 3.01. The SMILES string of the molecule is Cc1cccc(NC(=O)c2ncsc2Nc2ccc(F)cc2)n1. The maximum Gasteiger partial charge on any atom is 0.278 e. The first-order chi connectivity index (χ1) is 11.1. The first kappa shape index (κ1) is 15.1. The molecule has 1 aromatic carbocycles. The van der Waals surface area contributed by atoms with Gasteiger partial charge in [0, 0.05) is 11.4 Å². The molecule has 5 nitrogen and oxygen atoms in total. The first-order valence-electron chi connectivity index (χ1n) is 6.83. The summed E-state index contributed by atoms with van der Waals surface area (Å²) in [5.41, 5.74) is 3.33. The van der Waals surface area contributed by atoms with Gasteiger partial charge in [0.05, 0.1) is 5.51 Å². The molecule has 0 unspecified atom stereocenters. The number of nitrogens with zero attached hydrogens (tertiary/aromatic N) is 2. The number of aryl methyl sites for hydroxylation is 1. The number of halogens is 1. The van der Waals surface area contributed by atoms with E-state index >= 15 is 0 Å². The number of benzene rings is 1. The highest BCUT2D eigenvalue weighted by molar-refractivity contribution is 7.14. The molecule has 0 aliphatic carbocycles. The topological polar surface area (TPSA) is 66.9 Å². The number of pyridine rings is 1. The number of hydrogen-bond acceptors (Lipinski definition) is 5. The minimum absolute atomic E-state index is 0.266. The van der Waals surface area contributed by atoms with Crippen LogP contribution in [0.2, 0.25) is 0 Å². The number of aromatic nitrogens is 2. The van der Waals surface area contributed by atoms with Gasteiger partial charge in [0.25, 0.3) is 5.91 Å². The Morgan fingerprint density at radius 2 is 1.96 bits per heavy atom. The number of hydrogen-bond donors (Lipinski definition) is 2. The minimum Gasteiger partial charge on any atom is -0.345 e. The molecular weight excluding hydrogens is 315 g/mol. The quantitative estimate of drug-likeness (QED) is 0.760. The molecule has 0 saturated carbocycles. The monoisotopic (exact) mass is 328 g/mol. The average Bonchev–Trinajstić information content (AvgIpc) is 2.98. The van der Waals surface area contributed by atoms with Crippen molar-refractivity contribution in [3.63, 3.8) is 0 Å². The summed E-state index contributed by atoms with van der Waals surface area (Å²) in [6, 6.07) is 11.3. The van der Waals surface area contributed by atoms with E-state index in [-0.39, 0.29) is 17.4 Å². The van der Waals surface area contributed by atoms with Gasteiger partial charge in [-0.2, -0.15) is 0 Å². The Morgan fingerprint density at radius 1 is 1.17 bits per heavy atom. The number of amides is 1. The van der Waals surface area contributed by atoms with Crippen molar-refractivity contribution < 1.29 is 9.18 Å². The summed E-state index contributed by atoms with van der Waals surface area (Å²) < 4.78 is 12.9. The Kier molecular flexibility index (Phi) is 4.29. The highest BCUT2D eigenvalue weighted by atomic mass is 32.1. The Morgan fingerprint density at radius 3 is 2.70 bits per heavy atom. The van der Waals surface area contributed by atoms with E-state index in [1.54, 1.807) is 23.7 Å². The maximum atomic E-state index is 12.9. The van der Waals surface area contributed by atoms with Gasteiger partial charge in [0.2, 0.25) is 0 Å². The Hall–Kier alpha value is -2.80. The van der Waals surface area contributed by atoms with Gasteiger partial charge < -0.3 is 10.6 Å². The van der Waals surface area contributed by atoms with Crippen molar-refractivity contribution in [1.82, 2.24) is 9.97 Å². The van der Waals surface area contributed by atoms with Crippen LogP contribution in [0, 0.1) is 12.7 Å². The van der Waals surface area contributed by atoms with E-state index in [9.17, 15) is 9.18 Å². The molecule has 23 heavy (non-hydrogen) atoms. The molecule has 3 aromatic rings. The zero-order chi connectivity index (χ0) is 16.2. The zero-order valence-corrected chi connectivity index (χ0v) is 13.0. The fourth-order valence-corrected chi connectivity index (χ4v) is 2.65. The van der Waals surface area contributed by atoms with Gasteiger partial charge in [0.1, 0.15) is 16.6 Å². The molecule has 7 heteroatoms. The molecule has 0 fully saturated rings. The summed E-state index contributed by atoms with van der Waals surface area (Å²) in [6.07, 6.45) is 0. The molecule has 0 aliphatic rings. The predicted molar refractivity (Wildman–Crippen MR) is 88.7 cm³/mol. The van der Waals surface area contributed by atoms with E-state index in [4.69, 9.17) is 0 Å². The lowest BCUT2D eigenvalue weighted by Crippen LogP contribution is -2.15. The van der Waals surface area contributed by atoms with Crippen molar-refractivity contribution in [3.8, 4) is 0 Å². The largest absolute Gasteiger partial charge is 0.345 e. The van der Waals surface area contributed by atoms with Gasteiger partial charge in [-0.1, -0.05) is 6.07 Å². The summed E-state index contributed by atoms with van der Waals surface area (Å²) >= 11 is 1.29. The van der Waals surface area contributed by atoms with Gasteiger partial charge >= 0.3 is 0 Å². The van der Waals surface area contributed by atoms with Crippen LogP contribution in [0.3, 0.4) is 0 Å².